The van der Waals surface area contributed by atoms with Crippen molar-refractivity contribution in [2.24, 2.45) is 17.8 Å². The summed E-state index contributed by atoms with van der Waals surface area (Å²) in [5.41, 5.74) is 3.38. The van der Waals surface area contributed by atoms with Crippen molar-refractivity contribution in [2.75, 3.05) is 16.3 Å². The van der Waals surface area contributed by atoms with Crippen LogP contribution < -0.4 is 14.5 Å². The summed E-state index contributed by atoms with van der Waals surface area (Å²) in [6.45, 7) is 4.24. The molecule has 2 aliphatic heterocycles. The SMILES string of the molecule is Cc1ccc(N2C[C@@H](C(=O)Oc3cccc(N4C(=O)[C@H]5CC=CC[C@H]5C4=O)c3)CC2=O)cc1C. The zero-order chi connectivity index (χ0) is 24.0. The van der Waals surface area contributed by atoms with Crippen LogP contribution in [0.5, 0.6) is 5.75 Å². The number of hydrogen-bond acceptors (Lipinski definition) is 5. The van der Waals surface area contributed by atoms with Crippen molar-refractivity contribution in [3.05, 3.63) is 65.7 Å². The number of esters is 1. The minimum absolute atomic E-state index is 0.0743. The van der Waals surface area contributed by atoms with Gasteiger partial charge in [-0.2, -0.15) is 0 Å². The lowest BCUT2D eigenvalue weighted by Crippen LogP contribution is -2.31. The first-order valence-corrected chi connectivity index (χ1v) is 11.6. The van der Waals surface area contributed by atoms with Crippen LogP contribution in [0.2, 0.25) is 0 Å². The largest absolute Gasteiger partial charge is 0.426 e. The standard InChI is InChI=1S/C27H26N2O5/c1-16-10-11-19(12-17(16)2)28-15-18(13-24(28)30)27(33)34-21-7-5-6-20(14-21)29-25(31)22-8-3-4-9-23(22)26(29)32/h3-7,10-12,14,18,22-23H,8-9,13,15H2,1-2H3/t18-,22-,23+/m0/s1. The normalized spacial score (nSPS) is 24.1. The van der Waals surface area contributed by atoms with Crippen molar-refractivity contribution in [2.45, 2.75) is 33.1 Å². The van der Waals surface area contributed by atoms with Crippen LogP contribution in [0.3, 0.4) is 0 Å². The van der Waals surface area contributed by atoms with Gasteiger partial charge >= 0.3 is 5.97 Å². The Morgan fingerprint density at radius 1 is 0.882 bits per heavy atom. The zero-order valence-corrected chi connectivity index (χ0v) is 19.2. The fourth-order valence-corrected chi connectivity index (χ4v) is 4.95. The minimum Gasteiger partial charge on any atom is -0.426 e. The number of ether oxygens (including phenoxy) is 1. The van der Waals surface area contributed by atoms with Crippen molar-refractivity contribution in [3.63, 3.8) is 0 Å². The van der Waals surface area contributed by atoms with E-state index in [4.69, 9.17) is 4.74 Å². The summed E-state index contributed by atoms with van der Waals surface area (Å²) in [5, 5.41) is 0. The summed E-state index contributed by atoms with van der Waals surface area (Å²) >= 11 is 0. The molecule has 3 amide bonds. The van der Waals surface area contributed by atoms with Gasteiger partial charge in [0.2, 0.25) is 17.7 Å². The van der Waals surface area contributed by atoms with Gasteiger partial charge in [-0.3, -0.25) is 19.2 Å². The molecule has 5 rings (SSSR count). The fraction of sp³-hybridized carbons (Fsp3) is 0.333. The van der Waals surface area contributed by atoms with Crippen molar-refractivity contribution < 1.29 is 23.9 Å². The average Bonchev–Trinajstić information content (AvgIpc) is 3.34. The van der Waals surface area contributed by atoms with Crippen molar-refractivity contribution in [1.29, 1.82) is 0 Å². The molecule has 0 bridgehead atoms. The van der Waals surface area contributed by atoms with Gasteiger partial charge in [-0.25, -0.2) is 4.90 Å². The van der Waals surface area contributed by atoms with E-state index in [0.717, 1.165) is 16.8 Å². The van der Waals surface area contributed by atoms with Crippen LogP contribution >= 0.6 is 0 Å². The number of anilines is 2. The molecular weight excluding hydrogens is 432 g/mol. The van der Waals surface area contributed by atoms with E-state index in [1.807, 2.05) is 44.2 Å². The molecule has 1 aliphatic carbocycles. The van der Waals surface area contributed by atoms with Gasteiger partial charge in [0, 0.05) is 24.7 Å². The highest BCUT2D eigenvalue weighted by Gasteiger charge is 2.48. The molecular formula is C27H26N2O5. The smallest absolute Gasteiger partial charge is 0.316 e. The molecule has 0 radical (unpaired) electrons. The summed E-state index contributed by atoms with van der Waals surface area (Å²) in [4.78, 5) is 54.0. The van der Waals surface area contributed by atoms with Crippen LogP contribution in [0.15, 0.2) is 54.6 Å². The molecule has 3 atom stereocenters. The number of carbonyl (C=O) groups is 4. The summed E-state index contributed by atoms with van der Waals surface area (Å²) in [6, 6.07) is 12.3. The Morgan fingerprint density at radius 2 is 1.59 bits per heavy atom. The maximum atomic E-state index is 12.9. The summed E-state index contributed by atoms with van der Waals surface area (Å²) in [5.74, 6) is -2.07. The van der Waals surface area contributed by atoms with Gasteiger partial charge in [-0.15, -0.1) is 0 Å². The topological polar surface area (TPSA) is 84.0 Å². The second-order valence-corrected chi connectivity index (χ2v) is 9.26. The maximum absolute atomic E-state index is 12.9. The molecule has 0 aromatic heterocycles. The lowest BCUT2D eigenvalue weighted by Gasteiger charge is -2.18. The van der Waals surface area contributed by atoms with E-state index in [0.29, 0.717) is 18.5 Å². The van der Waals surface area contributed by atoms with Crippen LogP contribution in [-0.2, 0) is 19.2 Å². The highest BCUT2D eigenvalue weighted by Crippen LogP contribution is 2.38. The first kappa shape index (κ1) is 22.1. The molecule has 34 heavy (non-hydrogen) atoms. The second-order valence-electron chi connectivity index (χ2n) is 9.26. The van der Waals surface area contributed by atoms with Crippen LogP contribution in [0.25, 0.3) is 0 Å². The number of fused-ring (bicyclic) bond motifs is 1. The molecule has 7 heteroatoms. The Morgan fingerprint density at radius 3 is 2.26 bits per heavy atom. The van der Waals surface area contributed by atoms with E-state index in [-0.39, 0.29) is 48.3 Å². The van der Waals surface area contributed by atoms with Crippen LogP contribution in [0.1, 0.15) is 30.4 Å². The number of nitrogens with zero attached hydrogens (tertiary/aromatic N) is 2. The van der Waals surface area contributed by atoms with E-state index in [9.17, 15) is 19.2 Å². The van der Waals surface area contributed by atoms with E-state index < -0.39 is 11.9 Å². The predicted octanol–water partition coefficient (Wildman–Crippen LogP) is 3.72. The van der Waals surface area contributed by atoms with Gasteiger partial charge in [0.05, 0.1) is 23.4 Å². The third-order valence-corrected chi connectivity index (χ3v) is 7.06. The summed E-state index contributed by atoms with van der Waals surface area (Å²) in [6.07, 6.45) is 5.08. The Balaban J connectivity index is 1.29. The minimum atomic E-state index is -0.596. The Labute approximate surface area is 198 Å². The summed E-state index contributed by atoms with van der Waals surface area (Å²) in [7, 11) is 0. The van der Waals surface area contributed by atoms with Gasteiger partial charge < -0.3 is 9.64 Å². The van der Waals surface area contributed by atoms with Crippen molar-refractivity contribution in [3.8, 4) is 5.75 Å². The molecule has 0 unspecified atom stereocenters. The highest BCUT2D eigenvalue weighted by atomic mass is 16.5. The Bertz CT molecular complexity index is 1210. The van der Waals surface area contributed by atoms with Gasteiger partial charge in [-0.1, -0.05) is 24.3 Å². The third-order valence-electron chi connectivity index (χ3n) is 7.06. The fourth-order valence-electron chi connectivity index (χ4n) is 4.95. The molecule has 2 aromatic rings. The first-order valence-electron chi connectivity index (χ1n) is 11.6. The molecule has 0 spiro atoms. The second kappa shape index (κ2) is 8.56. The van der Waals surface area contributed by atoms with Crippen LogP contribution in [-0.4, -0.2) is 30.2 Å². The lowest BCUT2D eigenvalue weighted by atomic mass is 9.85. The monoisotopic (exact) mass is 458 g/mol. The molecule has 2 fully saturated rings. The van der Waals surface area contributed by atoms with Gasteiger partial charge in [0.25, 0.3) is 0 Å². The van der Waals surface area contributed by atoms with E-state index in [1.54, 1.807) is 23.1 Å². The Kier molecular flexibility index (Phi) is 5.55. The van der Waals surface area contributed by atoms with E-state index in [2.05, 4.69) is 0 Å². The van der Waals surface area contributed by atoms with Crippen molar-refractivity contribution in [1.82, 2.24) is 0 Å². The molecule has 0 saturated carbocycles. The average molecular weight is 459 g/mol. The number of allylic oxidation sites excluding steroid dienone is 2. The molecule has 7 nitrogen and oxygen atoms in total. The lowest BCUT2D eigenvalue weighted by molar-refractivity contribution is -0.139. The molecule has 0 N–H and O–H groups in total. The number of aryl methyl sites for hydroxylation is 2. The van der Waals surface area contributed by atoms with E-state index in [1.165, 1.54) is 11.0 Å². The number of amides is 3. The third kappa shape index (κ3) is 3.81. The summed E-state index contributed by atoms with van der Waals surface area (Å²) < 4.78 is 5.58. The number of benzene rings is 2. The van der Waals surface area contributed by atoms with Crippen molar-refractivity contribution >= 4 is 35.1 Å². The highest BCUT2D eigenvalue weighted by molar-refractivity contribution is 6.22. The van der Waals surface area contributed by atoms with Gasteiger partial charge in [0.15, 0.2) is 0 Å². The zero-order valence-electron chi connectivity index (χ0n) is 19.2. The Hall–Kier alpha value is -3.74. The number of rotatable bonds is 4. The number of imide groups is 1. The molecule has 2 aromatic carbocycles. The molecule has 174 valence electrons. The first-order chi connectivity index (χ1) is 16.3. The maximum Gasteiger partial charge on any atom is 0.316 e. The van der Waals surface area contributed by atoms with Crippen LogP contribution in [0.4, 0.5) is 11.4 Å². The molecule has 2 heterocycles. The van der Waals surface area contributed by atoms with Gasteiger partial charge in [-0.05, 0) is 62.1 Å². The molecule has 3 aliphatic rings. The van der Waals surface area contributed by atoms with Crippen LogP contribution in [0, 0.1) is 31.6 Å². The predicted molar refractivity (Wildman–Crippen MR) is 126 cm³/mol. The van der Waals surface area contributed by atoms with E-state index >= 15 is 0 Å². The number of hydrogen-bond donors (Lipinski definition) is 0. The number of carbonyl (C=O) groups excluding carboxylic acids is 4. The molecule has 2 saturated heterocycles. The van der Waals surface area contributed by atoms with Gasteiger partial charge in [0.1, 0.15) is 5.75 Å². The quantitative estimate of drug-likeness (QED) is 0.302.